The Balaban J connectivity index is 1.65. The zero-order valence-electron chi connectivity index (χ0n) is 41.4. The number of hydrogen-bond donors (Lipinski definition) is 11. The molecule has 0 unspecified atom stereocenters. The molecule has 0 aromatic heterocycles. The molecule has 394 valence electrons. The highest BCUT2D eigenvalue weighted by Gasteiger charge is 2.40. The molecule has 2 aromatic carbocycles. The van der Waals surface area contributed by atoms with Crippen LogP contribution in [0.2, 0.25) is 5.02 Å². The second-order valence-corrected chi connectivity index (χ2v) is 20.4. The minimum atomic E-state index is -1.61. The van der Waals surface area contributed by atoms with E-state index in [0.29, 0.717) is 35.5 Å². The number of carbonyl (C=O) groups is 9. The van der Waals surface area contributed by atoms with Crippen LogP contribution in [0.3, 0.4) is 0 Å². The van der Waals surface area contributed by atoms with Crippen molar-refractivity contribution >= 4 is 82.5 Å². The van der Waals surface area contributed by atoms with Gasteiger partial charge in [-0.15, -0.1) is 0 Å². The number of guanidine groups is 1. The summed E-state index contributed by atoms with van der Waals surface area (Å²) in [4.78, 5) is 126. The lowest BCUT2D eigenvalue weighted by atomic mass is 9.99. The van der Waals surface area contributed by atoms with Gasteiger partial charge in [0, 0.05) is 49.7 Å². The number of nitrogens with one attached hydrogen (secondary N) is 9. The molecule has 2 fully saturated rings. The maximum Gasteiger partial charge on any atom is 0.245 e. The lowest BCUT2D eigenvalue weighted by molar-refractivity contribution is -0.142. The van der Waals surface area contributed by atoms with Crippen molar-refractivity contribution in [2.45, 2.75) is 128 Å². The average Bonchev–Trinajstić information content (AvgIpc) is 3.83. The fourth-order valence-electron chi connectivity index (χ4n) is 8.12. The third-order valence-corrected chi connectivity index (χ3v) is 13.3. The molecule has 72 heavy (non-hydrogen) atoms. The van der Waals surface area contributed by atoms with Gasteiger partial charge in [-0.1, -0.05) is 81.8 Å². The predicted molar refractivity (Wildman–Crippen MR) is 274 cm³/mol. The van der Waals surface area contributed by atoms with E-state index in [-0.39, 0.29) is 75.0 Å². The number of hydrogen-bond acceptors (Lipinski definition) is 11. The normalized spacial score (nSPS) is 22.3. The Hall–Kier alpha value is -6.42. The first-order valence-electron chi connectivity index (χ1n) is 24.3. The van der Waals surface area contributed by atoms with Crippen LogP contribution in [0.4, 0.5) is 0 Å². The van der Waals surface area contributed by atoms with Crippen LogP contribution in [0.1, 0.15) is 83.8 Å². The quantitative estimate of drug-likeness (QED) is 0.0572. The summed E-state index contributed by atoms with van der Waals surface area (Å²) in [5, 5.41) is 29.8. The molecule has 0 aliphatic carbocycles. The van der Waals surface area contributed by atoms with Crippen molar-refractivity contribution in [2.24, 2.45) is 23.3 Å². The molecular weight excluding hydrogens is 968 g/mol. The fraction of sp³-hybridized carbons (Fsp3) is 0.551. The Kier molecular flexibility index (Phi) is 23.6. The lowest BCUT2D eigenvalue weighted by Crippen LogP contribution is -2.61. The van der Waals surface area contributed by atoms with Gasteiger partial charge in [-0.25, -0.2) is 0 Å². The van der Waals surface area contributed by atoms with Crippen LogP contribution >= 0.6 is 23.4 Å². The first-order chi connectivity index (χ1) is 34.2. The van der Waals surface area contributed by atoms with Crippen molar-refractivity contribution < 1.29 is 43.2 Å². The summed E-state index contributed by atoms with van der Waals surface area (Å²) >= 11 is 7.42. The van der Waals surface area contributed by atoms with Crippen molar-refractivity contribution in [1.82, 2.24) is 47.4 Å². The Bertz CT molecular complexity index is 2220. The topological polar surface area (TPSA) is 329 Å². The smallest absolute Gasteiger partial charge is 0.245 e. The van der Waals surface area contributed by atoms with E-state index in [2.05, 4.69) is 42.5 Å². The van der Waals surface area contributed by atoms with Gasteiger partial charge in [-0.2, -0.15) is 11.8 Å². The summed E-state index contributed by atoms with van der Waals surface area (Å²) in [6.45, 7) is 7.92. The molecule has 21 nitrogen and oxygen atoms in total. The molecule has 9 amide bonds. The Morgan fingerprint density at radius 3 is 2.04 bits per heavy atom. The molecule has 0 saturated carbocycles. The van der Waals surface area contributed by atoms with Gasteiger partial charge in [-0.05, 0) is 73.0 Å². The van der Waals surface area contributed by atoms with Crippen LogP contribution in [0.25, 0.3) is 0 Å². The van der Waals surface area contributed by atoms with Crippen LogP contribution in [0, 0.1) is 17.2 Å². The number of halogens is 1. The minimum absolute atomic E-state index is 0.00109. The Morgan fingerprint density at radius 1 is 0.778 bits per heavy atom. The number of nitrogens with zero attached hydrogens (tertiary/aromatic N) is 1. The lowest BCUT2D eigenvalue weighted by Gasteiger charge is -2.31. The second-order valence-electron chi connectivity index (χ2n) is 18.7. The van der Waals surface area contributed by atoms with Crippen molar-refractivity contribution in [3.05, 3.63) is 70.7 Å². The number of carbonyl (C=O) groups excluding carboxylic acids is 9. The third kappa shape index (κ3) is 19.3. The fourth-order valence-corrected chi connectivity index (χ4v) is 9.18. The zero-order chi connectivity index (χ0) is 52.9. The van der Waals surface area contributed by atoms with Gasteiger partial charge in [0.25, 0.3) is 0 Å². The Morgan fingerprint density at radius 2 is 1.40 bits per heavy atom. The van der Waals surface area contributed by atoms with Crippen LogP contribution in [-0.2, 0) is 56.0 Å². The average molecular weight is 1040 g/mol. The van der Waals surface area contributed by atoms with Crippen molar-refractivity contribution in [1.29, 1.82) is 5.41 Å². The summed E-state index contributed by atoms with van der Waals surface area (Å²) < 4.78 is 0. The van der Waals surface area contributed by atoms with Gasteiger partial charge in [0.15, 0.2) is 5.96 Å². The molecule has 2 heterocycles. The monoisotopic (exact) mass is 1040 g/mol. The highest BCUT2D eigenvalue weighted by atomic mass is 35.5. The third-order valence-electron chi connectivity index (χ3n) is 12.0. The van der Waals surface area contributed by atoms with Crippen molar-refractivity contribution in [3.8, 4) is 0 Å². The van der Waals surface area contributed by atoms with Crippen LogP contribution in [0.5, 0.6) is 0 Å². The number of primary amides is 1. The largest absolute Gasteiger partial charge is 0.370 e. The molecule has 13 N–H and O–H groups in total. The van der Waals surface area contributed by atoms with Gasteiger partial charge in [-0.3, -0.25) is 48.6 Å². The molecule has 2 aliphatic heterocycles. The van der Waals surface area contributed by atoms with Gasteiger partial charge in [0.2, 0.25) is 53.2 Å². The van der Waals surface area contributed by atoms with Crippen LogP contribution in [-0.4, -0.2) is 137 Å². The van der Waals surface area contributed by atoms with E-state index < -0.39 is 108 Å². The number of thioether (sulfide) groups is 1. The van der Waals surface area contributed by atoms with Crippen LogP contribution in [0.15, 0.2) is 54.6 Å². The van der Waals surface area contributed by atoms with Gasteiger partial charge in [0.05, 0.1) is 6.42 Å². The van der Waals surface area contributed by atoms with Gasteiger partial charge in [0.1, 0.15) is 42.3 Å². The number of rotatable bonds is 17. The first-order valence-corrected chi connectivity index (χ1v) is 25.9. The standard InChI is InChI=1S/C49H71ClN12O9S/c1-28(2)27-55-42(65)33(12-8-20-54-49(52)53)57-46(69)38-13-9-21-62(38)48(71)34-18-22-72-23-19-40(64)56-35(25-31-14-16-32(50)17-15-31)43(66)59-36(24-30-10-6-5-7-11-30)45(68)61-41(29(3)4)47(70)60-37(26-39(51)63)44(67)58-34/h5-7,10-11,14-17,28-29,33-38,41H,8-9,12-13,18-27H2,1-4H3,(H2,51,63)(H,55,65)(H,56,64)(H,57,69)(H,58,67)(H,59,66)(H,60,70)(H,61,68)(H4,52,53,54)/t33-,34+,35+,36+,37+,38+,41+/m1/s1. The number of nitrogens with two attached hydrogens (primary N) is 2. The zero-order valence-corrected chi connectivity index (χ0v) is 42.9. The predicted octanol–water partition coefficient (Wildman–Crippen LogP) is 0.119. The molecule has 0 radical (unpaired) electrons. The number of benzene rings is 2. The van der Waals surface area contributed by atoms with E-state index in [1.165, 1.54) is 16.7 Å². The molecular formula is C49H71ClN12O9S. The van der Waals surface area contributed by atoms with Crippen molar-refractivity contribution in [2.75, 3.05) is 31.1 Å². The van der Waals surface area contributed by atoms with Gasteiger partial charge < -0.3 is 58.9 Å². The number of likely N-dealkylation sites (tertiary alicyclic amines) is 1. The molecule has 2 aromatic rings. The molecule has 2 aliphatic rings. The van der Waals surface area contributed by atoms with E-state index in [1.807, 2.05) is 13.8 Å². The molecule has 4 rings (SSSR count). The Labute approximate surface area is 429 Å². The minimum Gasteiger partial charge on any atom is -0.370 e. The van der Waals surface area contributed by atoms with Crippen LogP contribution < -0.4 is 54.0 Å². The first kappa shape index (κ1) is 58.2. The highest BCUT2D eigenvalue weighted by molar-refractivity contribution is 7.99. The summed E-state index contributed by atoms with van der Waals surface area (Å²) in [5.41, 5.74) is 12.4. The molecule has 0 bridgehead atoms. The number of amides is 9. The summed E-state index contributed by atoms with van der Waals surface area (Å²) in [7, 11) is 0. The van der Waals surface area contributed by atoms with E-state index in [0.717, 1.165) is 0 Å². The van der Waals surface area contributed by atoms with Crippen molar-refractivity contribution in [3.63, 3.8) is 0 Å². The maximum absolute atomic E-state index is 14.6. The molecule has 23 heteroatoms. The van der Waals surface area contributed by atoms with E-state index in [1.54, 1.807) is 68.4 Å². The van der Waals surface area contributed by atoms with E-state index in [9.17, 15) is 43.2 Å². The summed E-state index contributed by atoms with van der Waals surface area (Å²) in [5.74, 6) is -6.54. The summed E-state index contributed by atoms with van der Waals surface area (Å²) in [6.07, 6.45) is 0.541. The maximum atomic E-state index is 14.6. The van der Waals surface area contributed by atoms with E-state index in [4.69, 9.17) is 28.5 Å². The second kappa shape index (κ2) is 29.2. The molecule has 0 spiro atoms. The SMILES string of the molecule is CC(C)CNC(=O)[C@@H](CCCNC(=N)N)NC(=O)[C@@H]1CCCN1C(=O)[C@@H]1CCSCCC(=O)N[C@@H](Cc2ccc(Cl)cc2)C(=O)N[C@@H](Cc2ccccc2)C(=O)N[C@@H](C(C)C)C(=O)N[C@@H](CC(N)=O)C(=O)N1. The molecule has 7 atom stereocenters. The highest BCUT2D eigenvalue weighted by Crippen LogP contribution is 2.22. The molecule has 2 saturated heterocycles. The summed E-state index contributed by atoms with van der Waals surface area (Å²) in [6, 6.07) is 6.97. The van der Waals surface area contributed by atoms with E-state index >= 15 is 0 Å². The van der Waals surface area contributed by atoms with Gasteiger partial charge >= 0.3 is 0 Å².